The largest absolute Gasteiger partial charge is 0.0877 e. The van der Waals surface area contributed by atoms with Gasteiger partial charge in [0.25, 0.3) is 0 Å². The zero-order chi connectivity index (χ0) is 11.0. The molecular weight excluding hydrogens is 260 g/mol. The van der Waals surface area contributed by atoms with Crippen molar-refractivity contribution in [2.24, 2.45) is 0 Å². The highest BCUT2D eigenvalue weighted by Crippen LogP contribution is 2.59. The standard InChI is InChI=1S/C15H13Br/c16-15-13(11-7-3-1-4-8-11)14(15)12-9-5-2-6-10-12/h1-10,13-15H/t13-,14-/m1/s1. The van der Waals surface area contributed by atoms with E-state index in [9.17, 15) is 0 Å². The molecule has 0 heterocycles. The summed E-state index contributed by atoms with van der Waals surface area (Å²) in [5, 5.41) is 0. The Bertz CT molecular complexity index is 418. The number of alkyl halides is 1. The van der Waals surface area contributed by atoms with Gasteiger partial charge < -0.3 is 0 Å². The average Bonchev–Trinajstić information content (AvgIpc) is 3.03. The van der Waals surface area contributed by atoms with Gasteiger partial charge in [0.2, 0.25) is 0 Å². The lowest BCUT2D eigenvalue weighted by Crippen LogP contribution is -1.82. The fourth-order valence-electron chi connectivity index (χ4n) is 2.41. The molecule has 0 radical (unpaired) electrons. The van der Waals surface area contributed by atoms with Crippen LogP contribution >= 0.6 is 15.9 Å². The third kappa shape index (κ3) is 1.69. The Morgan fingerprint density at radius 3 is 1.38 bits per heavy atom. The van der Waals surface area contributed by atoms with E-state index in [1.165, 1.54) is 11.1 Å². The SMILES string of the molecule is BrC1[C@H](c2ccccc2)[C@H]1c1ccccc1. The fraction of sp³-hybridized carbons (Fsp3) is 0.200. The second-order valence-corrected chi connectivity index (χ2v) is 5.37. The molecule has 1 saturated carbocycles. The Kier molecular flexibility index (Phi) is 2.56. The molecule has 16 heavy (non-hydrogen) atoms. The first kappa shape index (κ1) is 10.1. The van der Waals surface area contributed by atoms with Gasteiger partial charge in [0.05, 0.1) is 0 Å². The van der Waals surface area contributed by atoms with E-state index in [1.807, 2.05) is 0 Å². The van der Waals surface area contributed by atoms with E-state index in [0.29, 0.717) is 16.7 Å². The first-order valence-corrected chi connectivity index (χ1v) is 6.53. The van der Waals surface area contributed by atoms with Crippen molar-refractivity contribution in [1.29, 1.82) is 0 Å². The Morgan fingerprint density at radius 2 is 1.00 bits per heavy atom. The molecule has 0 spiro atoms. The van der Waals surface area contributed by atoms with E-state index in [1.54, 1.807) is 0 Å². The molecule has 3 rings (SSSR count). The molecule has 80 valence electrons. The van der Waals surface area contributed by atoms with E-state index < -0.39 is 0 Å². The number of rotatable bonds is 2. The van der Waals surface area contributed by atoms with Gasteiger partial charge in [-0.1, -0.05) is 76.6 Å². The molecule has 1 aliphatic rings. The Hall–Kier alpha value is -1.08. The molecule has 0 N–H and O–H groups in total. The smallest absolute Gasteiger partial charge is 0.0295 e. The van der Waals surface area contributed by atoms with Crippen molar-refractivity contribution in [3.63, 3.8) is 0 Å². The molecule has 0 unspecified atom stereocenters. The fourth-order valence-corrected chi connectivity index (χ4v) is 3.50. The zero-order valence-electron chi connectivity index (χ0n) is 8.88. The van der Waals surface area contributed by atoms with E-state index in [-0.39, 0.29) is 0 Å². The quantitative estimate of drug-likeness (QED) is 0.714. The normalized spacial score (nSPS) is 27.7. The molecule has 0 aromatic heterocycles. The third-order valence-electron chi connectivity index (χ3n) is 3.30. The van der Waals surface area contributed by atoms with Crippen molar-refractivity contribution in [3.8, 4) is 0 Å². The van der Waals surface area contributed by atoms with Crippen LogP contribution in [0.25, 0.3) is 0 Å². The van der Waals surface area contributed by atoms with Gasteiger partial charge in [-0.15, -0.1) is 0 Å². The minimum absolute atomic E-state index is 0.595. The van der Waals surface area contributed by atoms with Crippen molar-refractivity contribution in [2.45, 2.75) is 16.7 Å². The van der Waals surface area contributed by atoms with Crippen LogP contribution in [0.5, 0.6) is 0 Å². The molecule has 2 aromatic rings. The number of halogens is 1. The van der Waals surface area contributed by atoms with E-state index in [0.717, 1.165) is 0 Å². The van der Waals surface area contributed by atoms with Gasteiger partial charge in [-0.3, -0.25) is 0 Å². The molecule has 1 heteroatoms. The summed E-state index contributed by atoms with van der Waals surface area (Å²) in [4.78, 5) is 0.595. The van der Waals surface area contributed by atoms with E-state index in [4.69, 9.17) is 0 Å². The summed E-state index contributed by atoms with van der Waals surface area (Å²) >= 11 is 3.79. The predicted molar refractivity (Wildman–Crippen MR) is 71.1 cm³/mol. The van der Waals surface area contributed by atoms with E-state index in [2.05, 4.69) is 76.6 Å². The number of benzene rings is 2. The minimum atomic E-state index is 0.595. The maximum atomic E-state index is 3.79. The lowest BCUT2D eigenvalue weighted by molar-refractivity contribution is 1.03. The highest BCUT2D eigenvalue weighted by molar-refractivity contribution is 9.09. The van der Waals surface area contributed by atoms with Gasteiger partial charge in [-0.2, -0.15) is 0 Å². The lowest BCUT2D eigenvalue weighted by atomic mass is 10.0. The van der Waals surface area contributed by atoms with Crippen LogP contribution < -0.4 is 0 Å². The molecule has 0 bridgehead atoms. The van der Waals surface area contributed by atoms with Crippen molar-refractivity contribution in [1.82, 2.24) is 0 Å². The van der Waals surface area contributed by atoms with Crippen LogP contribution in [-0.2, 0) is 0 Å². The van der Waals surface area contributed by atoms with Crippen LogP contribution in [-0.4, -0.2) is 4.83 Å². The van der Waals surface area contributed by atoms with Crippen LogP contribution in [0.4, 0.5) is 0 Å². The van der Waals surface area contributed by atoms with Crippen molar-refractivity contribution in [2.75, 3.05) is 0 Å². The first-order valence-electron chi connectivity index (χ1n) is 5.62. The molecule has 0 aliphatic heterocycles. The Balaban J connectivity index is 1.87. The molecule has 2 aromatic carbocycles. The lowest BCUT2D eigenvalue weighted by Gasteiger charge is -1.99. The average molecular weight is 273 g/mol. The van der Waals surface area contributed by atoms with Gasteiger partial charge in [-0.05, 0) is 11.1 Å². The molecular formula is C15H13Br. The summed E-state index contributed by atoms with van der Waals surface area (Å²) in [6, 6.07) is 21.5. The molecule has 1 fully saturated rings. The number of hydrogen-bond donors (Lipinski definition) is 0. The maximum absolute atomic E-state index is 3.79. The van der Waals surface area contributed by atoms with Crippen LogP contribution in [0.15, 0.2) is 60.7 Å². The van der Waals surface area contributed by atoms with Gasteiger partial charge in [0.15, 0.2) is 0 Å². The summed E-state index contributed by atoms with van der Waals surface area (Å²) < 4.78 is 0. The van der Waals surface area contributed by atoms with Crippen LogP contribution in [0, 0.1) is 0 Å². The Labute approximate surface area is 104 Å². The summed E-state index contributed by atoms with van der Waals surface area (Å²) in [5.74, 6) is 1.28. The summed E-state index contributed by atoms with van der Waals surface area (Å²) in [7, 11) is 0. The number of hydrogen-bond acceptors (Lipinski definition) is 0. The summed E-state index contributed by atoms with van der Waals surface area (Å²) in [5.41, 5.74) is 2.89. The molecule has 0 amide bonds. The predicted octanol–water partition coefficient (Wildman–Crippen LogP) is 4.33. The zero-order valence-corrected chi connectivity index (χ0v) is 10.5. The minimum Gasteiger partial charge on any atom is -0.0877 e. The summed E-state index contributed by atoms with van der Waals surface area (Å²) in [6.07, 6.45) is 0. The van der Waals surface area contributed by atoms with E-state index >= 15 is 0 Å². The molecule has 2 atom stereocenters. The van der Waals surface area contributed by atoms with Gasteiger partial charge in [-0.25, -0.2) is 0 Å². The third-order valence-corrected chi connectivity index (χ3v) is 4.44. The second-order valence-electron chi connectivity index (χ2n) is 4.32. The van der Waals surface area contributed by atoms with Gasteiger partial charge in [0, 0.05) is 16.7 Å². The van der Waals surface area contributed by atoms with Crippen LogP contribution in [0.3, 0.4) is 0 Å². The van der Waals surface area contributed by atoms with Crippen molar-refractivity contribution < 1.29 is 0 Å². The monoisotopic (exact) mass is 272 g/mol. The highest BCUT2D eigenvalue weighted by atomic mass is 79.9. The van der Waals surface area contributed by atoms with Crippen LogP contribution in [0.2, 0.25) is 0 Å². The topological polar surface area (TPSA) is 0 Å². The maximum Gasteiger partial charge on any atom is 0.0295 e. The van der Waals surface area contributed by atoms with Crippen LogP contribution in [0.1, 0.15) is 23.0 Å². The molecule has 1 aliphatic carbocycles. The van der Waals surface area contributed by atoms with Crippen molar-refractivity contribution in [3.05, 3.63) is 71.8 Å². The van der Waals surface area contributed by atoms with Gasteiger partial charge >= 0.3 is 0 Å². The molecule has 0 saturated heterocycles. The highest BCUT2D eigenvalue weighted by Gasteiger charge is 2.49. The van der Waals surface area contributed by atoms with Gasteiger partial charge in [0.1, 0.15) is 0 Å². The second kappa shape index (κ2) is 4.06. The first-order chi connectivity index (χ1) is 7.88. The Morgan fingerprint density at radius 1 is 0.625 bits per heavy atom. The van der Waals surface area contributed by atoms with Crippen molar-refractivity contribution >= 4 is 15.9 Å². The summed E-state index contributed by atoms with van der Waals surface area (Å²) in [6.45, 7) is 0. The molecule has 0 nitrogen and oxygen atoms in total.